The zero-order valence-electron chi connectivity index (χ0n) is 16.7. The smallest absolute Gasteiger partial charge is 0.251 e. The van der Waals surface area contributed by atoms with E-state index >= 15 is 0 Å². The molecule has 2 unspecified atom stereocenters. The number of halogens is 2. The lowest BCUT2D eigenvalue weighted by Gasteiger charge is -2.37. The lowest BCUT2D eigenvalue weighted by Crippen LogP contribution is -2.55. The summed E-state index contributed by atoms with van der Waals surface area (Å²) >= 11 is 0. The molecule has 0 aliphatic carbocycles. The maximum Gasteiger partial charge on any atom is 0.251 e. The molecule has 2 aliphatic rings. The van der Waals surface area contributed by atoms with Gasteiger partial charge in [-0.2, -0.15) is 0 Å². The van der Waals surface area contributed by atoms with Gasteiger partial charge in [0.1, 0.15) is 11.9 Å². The summed E-state index contributed by atoms with van der Waals surface area (Å²) in [5.41, 5.74) is 0.632. The Bertz CT molecular complexity index is 675. The van der Waals surface area contributed by atoms with E-state index in [0.717, 1.165) is 12.8 Å². The van der Waals surface area contributed by atoms with Crippen LogP contribution in [0.2, 0.25) is 0 Å². The van der Waals surface area contributed by atoms with E-state index in [2.05, 4.69) is 15.2 Å². The van der Waals surface area contributed by atoms with E-state index in [1.165, 1.54) is 12.1 Å². The Morgan fingerprint density at radius 3 is 2.52 bits per heavy atom. The summed E-state index contributed by atoms with van der Waals surface area (Å²) < 4.78 is 18.5. The second-order valence-corrected chi connectivity index (χ2v) is 7.08. The monoisotopic (exact) mass is 520 g/mol. The van der Waals surface area contributed by atoms with E-state index in [1.54, 1.807) is 12.1 Å². The lowest BCUT2D eigenvalue weighted by molar-refractivity contribution is -0.142. The fourth-order valence-corrected chi connectivity index (χ4v) is 3.50. The molecule has 2 saturated heterocycles. The van der Waals surface area contributed by atoms with E-state index in [9.17, 15) is 14.3 Å². The highest BCUT2D eigenvalue weighted by molar-refractivity contribution is 14.0. The number of benzene rings is 1. The highest BCUT2D eigenvalue weighted by Gasteiger charge is 2.30. The van der Waals surface area contributed by atoms with Crippen LogP contribution in [0.5, 0.6) is 0 Å². The fourth-order valence-electron chi connectivity index (χ4n) is 3.50. The Hall–Kier alpha value is -1.46. The number of hydrogen-bond donors (Lipinski definition) is 2. The summed E-state index contributed by atoms with van der Waals surface area (Å²) in [6.45, 7) is 6.16. The number of aliphatic imine (C=N–C) groups is 1. The molecule has 2 aliphatic heterocycles. The maximum atomic E-state index is 13.0. The average Bonchev–Trinajstić information content (AvgIpc) is 3.26. The third kappa shape index (κ3) is 6.51. The number of aliphatic hydroxyl groups is 1. The average molecular weight is 520 g/mol. The third-order valence-electron chi connectivity index (χ3n) is 5.10. The Morgan fingerprint density at radius 2 is 1.93 bits per heavy atom. The lowest BCUT2D eigenvalue weighted by atomic mass is 10.1. The van der Waals surface area contributed by atoms with Crippen molar-refractivity contribution in [2.24, 2.45) is 4.99 Å². The van der Waals surface area contributed by atoms with Crippen molar-refractivity contribution in [2.45, 2.75) is 32.0 Å². The first kappa shape index (κ1) is 23.8. The van der Waals surface area contributed by atoms with Crippen molar-refractivity contribution in [1.29, 1.82) is 0 Å². The van der Waals surface area contributed by atoms with E-state index < -0.39 is 6.10 Å². The minimum Gasteiger partial charge on any atom is -0.386 e. The van der Waals surface area contributed by atoms with Gasteiger partial charge in [0.25, 0.3) is 5.91 Å². The minimum absolute atomic E-state index is 0. The highest BCUT2D eigenvalue weighted by Crippen LogP contribution is 2.17. The van der Waals surface area contributed by atoms with Gasteiger partial charge >= 0.3 is 0 Å². The van der Waals surface area contributed by atoms with Crippen molar-refractivity contribution in [1.82, 2.24) is 15.1 Å². The van der Waals surface area contributed by atoms with Crippen LogP contribution in [0.25, 0.3) is 0 Å². The number of hydrogen-bond acceptors (Lipinski definition) is 4. The molecular weight excluding hydrogens is 490 g/mol. The summed E-state index contributed by atoms with van der Waals surface area (Å²) in [6, 6.07) is 5.80. The van der Waals surface area contributed by atoms with Gasteiger partial charge in [0.15, 0.2) is 5.96 Å². The molecule has 0 bridgehead atoms. The van der Waals surface area contributed by atoms with E-state index in [4.69, 9.17) is 4.74 Å². The van der Waals surface area contributed by atoms with Crippen molar-refractivity contribution in [3.63, 3.8) is 0 Å². The van der Waals surface area contributed by atoms with Gasteiger partial charge in [-0.25, -0.2) is 4.39 Å². The predicted octanol–water partition coefficient (Wildman–Crippen LogP) is 1.77. The van der Waals surface area contributed by atoms with Crippen molar-refractivity contribution >= 4 is 35.8 Å². The Morgan fingerprint density at radius 1 is 1.28 bits per heavy atom. The number of amides is 1. The van der Waals surface area contributed by atoms with Gasteiger partial charge in [0, 0.05) is 39.3 Å². The van der Waals surface area contributed by atoms with Crippen LogP contribution >= 0.6 is 24.0 Å². The molecule has 0 aromatic heterocycles. The SMILES string of the molecule is CCNC(=NCC(O)c1ccc(F)cc1)N1CCN(C(=O)C2CCCO2)CC1.I. The molecule has 7 nitrogen and oxygen atoms in total. The minimum atomic E-state index is -0.795. The molecule has 2 heterocycles. The molecule has 1 aromatic rings. The van der Waals surface area contributed by atoms with Crippen molar-refractivity contribution < 1.29 is 19.0 Å². The van der Waals surface area contributed by atoms with Crippen LogP contribution in [-0.2, 0) is 9.53 Å². The molecule has 9 heteroatoms. The number of nitrogens with zero attached hydrogens (tertiary/aromatic N) is 3. The molecule has 2 fully saturated rings. The van der Waals surface area contributed by atoms with Crippen LogP contribution in [0.4, 0.5) is 4.39 Å². The number of aliphatic hydroxyl groups excluding tert-OH is 1. The molecule has 162 valence electrons. The molecule has 1 aromatic carbocycles. The van der Waals surface area contributed by atoms with Gasteiger partial charge in [-0.05, 0) is 37.5 Å². The van der Waals surface area contributed by atoms with E-state index in [0.29, 0.717) is 50.9 Å². The second kappa shape index (κ2) is 11.7. The fraction of sp³-hybridized carbons (Fsp3) is 0.600. The van der Waals surface area contributed by atoms with E-state index in [1.807, 2.05) is 11.8 Å². The number of guanidine groups is 1. The van der Waals surface area contributed by atoms with Crippen molar-refractivity contribution in [3.8, 4) is 0 Å². The molecule has 29 heavy (non-hydrogen) atoms. The number of carbonyl (C=O) groups excluding carboxylic acids is 1. The maximum absolute atomic E-state index is 13.0. The first-order valence-electron chi connectivity index (χ1n) is 9.95. The van der Waals surface area contributed by atoms with Gasteiger partial charge < -0.3 is 25.0 Å². The second-order valence-electron chi connectivity index (χ2n) is 7.08. The summed E-state index contributed by atoms with van der Waals surface area (Å²) in [4.78, 5) is 21.0. The van der Waals surface area contributed by atoms with Crippen LogP contribution in [0.3, 0.4) is 0 Å². The van der Waals surface area contributed by atoms with Gasteiger partial charge in [0.2, 0.25) is 0 Å². The molecule has 0 spiro atoms. The Labute approximate surface area is 188 Å². The highest BCUT2D eigenvalue weighted by atomic mass is 127. The third-order valence-corrected chi connectivity index (χ3v) is 5.10. The molecule has 1 amide bonds. The molecule has 2 N–H and O–H groups in total. The van der Waals surface area contributed by atoms with Crippen LogP contribution in [0, 0.1) is 5.82 Å². The topological polar surface area (TPSA) is 77.4 Å². The number of rotatable bonds is 5. The van der Waals surface area contributed by atoms with Gasteiger partial charge in [-0.3, -0.25) is 9.79 Å². The van der Waals surface area contributed by atoms with Crippen molar-refractivity contribution in [2.75, 3.05) is 45.9 Å². The Kier molecular flexibility index (Phi) is 9.57. The van der Waals surface area contributed by atoms with Crippen LogP contribution in [0.15, 0.2) is 29.3 Å². The Balaban J connectivity index is 0.00000300. The number of carbonyl (C=O) groups is 1. The van der Waals surface area contributed by atoms with Gasteiger partial charge in [0.05, 0.1) is 12.6 Å². The van der Waals surface area contributed by atoms with Crippen molar-refractivity contribution in [3.05, 3.63) is 35.6 Å². The summed E-state index contributed by atoms with van der Waals surface area (Å²) in [5, 5.41) is 13.6. The molecule has 0 radical (unpaired) electrons. The largest absolute Gasteiger partial charge is 0.386 e. The van der Waals surface area contributed by atoms with Gasteiger partial charge in [-0.1, -0.05) is 12.1 Å². The molecule has 2 atom stereocenters. The first-order valence-corrected chi connectivity index (χ1v) is 9.95. The normalized spacial score (nSPS) is 20.9. The standard InChI is InChI=1S/C20H29FN4O3.HI/c1-2-22-20(23-14-17(26)15-5-7-16(21)8-6-15)25-11-9-24(10-12-25)19(27)18-4-3-13-28-18;/h5-8,17-18,26H,2-4,9-14H2,1H3,(H,22,23);1H. The van der Waals surface area contributed by atoms with Crippen LogP contribution in [-0.4, -0.2) is 78.8 Å². The summed E-state index contributed by atoms with van der Waals surface area (Å²) in [6.07, 6.45) is 0.685. The van der Waals surface area contributed by atoms with Crippen LogP contribution in [0.1, 0.15) is 31.4 Å². The summed E-state index contributed by atoms with van der Waals surface area (Å²) in [5.74, 6) is 0.474. The summed E-state index contributed by atoms with van der Waals surface area (Å²) in [7, 11) is 0. The predicted molar refractivity (Wildman–Crippen MR) is 120 cm³/mol. The number of nitrogens with one attached hydrogen (secondary N) is 1. The first-order chi connectivity index (χ1) is 13.6. The number of ether oxygens (including phenoxy) is 1. The van der Waals surface area contributed by atoms with Crippen LogP contribution < -0.4 is 5.32 Å². The zero-order chi connectivity index (χ0) is 19.9. The molecule has 0 saturated carbocycles. The molecular formula is C20H30FIN4O3. The van der Waals surface area contributed by atoms with Gasteiger partial charge in [-0.15, -0.1) is 24.0 Å². The zero-order valence-corrected chi connectivity index (χ0v) is 19.0. The quantitative estimate of drug-likeness (QED) is 0.352. The number of piperazine rings is 1. The molecule has 3 rings (SSSR count). The van der Waals surface area contributed by atoms with E-state index in [-0.39, 0.29) is 48.3 Å².